The summed E-state index contributed by atoms with van der Waals surface area (Å²) in [5, 5.41) is 2.72. The molecule has 0 saturated heterocycles. The van der Waals surface area contributed by atoms with E-state index in [-0.39, 0.29) is 11.8 Å². The normalized spacial score (nSPS) is 14.3. The second kappa shape index (κ2) is 7.68. The fraction of sp³-hybridized carbons (Fsp3) is 0.500. The summed E-state index contributed by atoms with van der Waals surface area (Å²) in [4.78, 5) is 24.3. The molecule has 1 aromatic rings. The van der Waals surface area contributed by atoms with E-state index in [2.05, 4.69) is 21.2 Å². The molecule has 0 saturated carbocycles. The number of methoxy groups -OCH3 is 1. The topological polar surface area (TPSA) is 73.9 Å². The molecular weight excluding hydrogens is 366 g/mol. The maximum atomic E-state index is 12.5. The molecule has 126 valence electrons. The van der Waals surface area contributed by atoms with E-state index in [0.717, 1.165) is 0 Å². The number of hydrogen-bond donors (Lipinski definition) is 1. The van der Waals surface area contributed by atoms with Crippen molar-refractivity contribution in [2.75, 3.05) is 20.3 Å². The number of benzene rings is 1. The zero-order valence-corrected chi connectivity index (χ0v) is 14.9. The molecule has 1 N–H and O–H groups in total. The SMILES string of the molecule is COC(=O)C(CC(C)C)NC(=O)c1cc(Br)c2c(c1)OCCO2. The van der Waals surface area contributed by atoms with Crippen LogP contribution in [0, 0.1) is 5.92 Å². The zero-order valence-electron chi connectivity index (χ0n) is 13.3. The Morgan fingerprint density at radius 3 is 2.65 bits per heavy atom. The summed E-state index contributed by atoms with van der Waals surface area (Å²) < 4.78 is 16.4. The first-order valence-electron chi connectivity index (χ1n) is 7.40. The first kappa shape index (κ1) is 17.6. The van der Waals surface area contributed by atoms with Crippen LogP contribution in [0.1, 0.15) is 30.6 Å². The number of hydrogen-bond acceptors (Lipinski definition) is 5. The Morgan fingerprint density at radius 1 is 1.30 bits per heavy atom. The highest BCUT2D eigenvalue weighted by molar-refractivity contribution is 9.10. The van der Waals surface area contributed by atoms with Crippen molar-refractivity contribution in [3.05, 3.63) is 22.2 Å². The van der Waals surface area contributed by atoms with Crippen LogP contribution < -0.4 is 14.8 Å². The predicted molar refractivity (Wildman–Crippen MR) is 87.9 cm³/mol. The van der Waals surface area contributed by atoms with E-state index in [9.17, 15) is 9.59 Å². The number of nitrogens with one attached hydrogen (secondary N) is 1. The Labute approximate surface area is 143 Å². The number of amides is 1. The molecule has 0 fully saturated rings. The van der Waals surface area contributed by atoms with Crippen molar-refractivity contribution in [3.8, 4) is 11.5 Å². The van der Waals surface area contributed by atoms with Gasteiger partial charge in [-0.1, -0.05) is 13.8 Å². The average Bonchev–Trinajstić information content (AvgIpc) is 2.53. The largest absolute Gasteiger partial charge is 0.486 e. The number of esters is 1. The van der Waals surface area contributed by atoms with Crippen LogP contribution in [0.2, 0.25) is 0 Å². The molecule has 0 radical (unpaired) electrons. The molecule has 1 amide bonds. The minimum atomic E-state index is -0.681. The van der Waals surface area contributed by atoms with Crippen LogP contribution in [0.25, 0.3) is 0 Å². The van der Waals surface area contributed by atoms with Crippen molar-refractivity contribution in [2.45, 2.75) is 26.3 Å². The lowest BCUT2D eigenvalue weighted by atomic mass is 10.0. The Balaban J connectivity index is 2.18. The van der Waals surface area contributed by atoms with Gasteiger partial charge in [0.1, 0.15) is 19.3 Å². The molecule has 0 bridgehead atoms. The van der Waals surface area contributed by atoms with Gasteiger partial charge in [-0.2, -0.15) is 0 Å². The number of carbonyl (C=O) groups excluding carboxylic acids is 2. The molecule has 1 aliphatic rings. The lowest BCUT2D eigenvalue weighted by Crippen LogP contribution is -2.42. The van der Waals surface area contributed by atoms with E-state index in [0.29, 0.717) is 41.2 Å². The van der Waals surface area contributed by atoms with Gasteiger partial charge in [0, 0.05) is 5.56 Å². The maximum absolute atomic E-state index is 12.5. The van der Waals surface area contributed by atoms with E-state index < -0.39 is 12.0 Å². The van der Waals surface area contributed by atoms with Crippen molar-refractivity contribution >= 4 is 27.8 Å². The molecule has 0 aliphatic carbocycles. The van der Waals surface area contributed by atoms with Gasteiger partial charge in [-0.25, -0.2) is 4.79 Å². The molecule has 23 heavy (non-hydrogen) atoms. The summed E-state index contributed by atoms with van der Waals surface area (Å²) in [5.41, 5.74) is 0.388. The van der Waals surface area contributed by atoms with Crippen molar-refractivity contribution in [1.82, 2.24) is 5.32 Å². The molecular formula is C16H20BrNO5. The standard InChI is InChI=1S/C16H20BrNO5/c1-9(2)6-12(16(20)21-3)18-15(19)10-7-11(17)14-13(8-10)22-4-5-23-14/h7-9,12H,4-6H2,1-3H3,(H,18,19). The van der Waals surface area contributed by atoms with Crippen LogP contribution in [0.15, 0.2) is 16.6 Å². The second-order valence-corrected chi connectivity index (χ2v) is 6.52. The van der Waals surface area contributed by atoms with Crippen LogP contribution in [0.4, 0.5) is 0 Å². The molecule has 7 heteroatoms. The average molecular weight is 386 g/mol. The first-order chi connectivity index (χ1) is 10.9. The fourth-order valence-corrected chi connectivity index (χ4v) is 2.87. The Morgan fingerprint density at radius 2 is 2.00 bits per heavy atom. The predicted octanol–water partition coefficient (Wildman–Crippen LogP) is 2.54. The Hall–Kier alpha value is -1.76. The molecule has 1 unspecified atom stereocenters. The third kappa shape index (κ3) is 4.37. The molecule has 1 aromatic carbocycles. The molecule has 6 nitrogen and oxygen atoms in total. The summed E-state index contributed by atoms with van der Waals surface area (Å²) in [6, 6.07) is 2.57. The minimum absolute atomic E-state index is 0.242. The minimum Gasteiger partial charge on any atom is -0.486 e. The van der Waals surface area contributed by atoms with Crippen molar-refractivity contribution in [3.63, 3.8) is 0 Å². The molecule has 0 spiro atoms. The van der Waals surface area contributed by atoms with Gasteiger partial charge in [0.15, 0.2) is 11.5 Å². The third-order valence-corrected chi connectivity index (χ3v) is 3.95. The van der Waals surface area contributed by atoms with Gasteiger partial charge in [-0.15, -0.1) is 0 Å². The monoisotopic (exact) mass is 385 g/mol. The van der Waals surface area contributed by atoms with E-state index in [4.69, 9.17) is 14.2 Å². The summed E-state index contributed by atoms with van der Waals surface area (Å²) >= 11 is 3.37. The van der Waals surface area contributed by atoms with Gasteiger partial charge in [0.2, 0.25) is 0 Å². The van der Waals surface area contributed by atoms with Gasteiger partial charge in [0.05, 0.1) is 11.6 Å². The van der Waals surface area contributed by atoms with Crippen LogP contribution in [0.5, 0.6) is 11.5 Å². The third-order valence-electron chi connectivity index (χ3n) is 3.36. The summed E-state index contributed by atoms with van der Waals surface area (Å²) in [6.45, 7) is 4.85. The lowest BCUT2D eigenvalue weighted by Gasteiger charge is -2.21. The number of carbonyl (C=O) groups is 2. The van der Waals surface area contributed by atoms with Crippen molar-refractivity contribution in [2.24, 2.45) is 5.92 Å². The highest BCUT2D eigenvalue weighted by Crippen LogP contribution is 2.38. The molecule has 2 rings (SSSR count). The zero-order chi connectivity index (χ0) is 17.0. The van der Waals surface area contributed by atoms with E-state index in [1.165, 1.54) is 7.11 Å². The summed E-state index contributed by atoms with van der Waals surface area (Å²) in [7, 11) is 1.31. The number of ether oxygens (including phenoxy) is 3. The number of halogens is 1. The van der Waals surface area contributed by atoms with Crippen LogP contribution in [-0.4, -0.2) is 38.2 Å². The smallest absolute Gasteiger partial charge is 0.328 e. The maximum Gasteiger partial charge on any atom is 0.328 e. The summed E-state index contributed by atoms with van der Waals surface area (Å²) in [5.74, 6) is 0.516. The first-order valence-corrected chi connectivity index (χ1v) is 8.19. The molecule has 1 heterocycles. The van der Waals surface area contributed by atoms with Crippen molar-refractivity contribution < 1.29 is 23.8 Å². The van der Waals surface area contributed by atoms with Gasteiger partial charge in [0.25, 0.3) is 5.91 Å². The van der Waals surface area contributed by atoms with E-state index >= 15 is 0 Å². The van der Waals surface area contributed by atoms with Crippen LogP contribution in [0.3, 0.4) is 0 Å². The second-order valence-electron chi connectivity index (χ2n) is 5.66. The quantitative estimate of drug-likeness (QED) is 0.788. The number of rotatable bonds is 5. The Bertz CT molecular complexity index is 602. The number of fused-ring (bicyclic) bond motifs is 1. The molecule has 0 aromatic heterocycles. The highest BCUT2D eigenvalue weighted by Gasteiger charge is 2.25. The Kier molecular flexibility index (Phi) is 5.87. The van der Waals surface area contributed by atoms with E-state index in [1.54, 1.807) is 12.1 Å². The highest BCUT2D eigenvalue weighted by atomic mass is 79.9. The van der Waals surface area contributed by atoms with Crippen LogP contribution in [-0.2, 0) is 9.53 Å². The van der Waals surface area contributed by atoms with Gasteiger partial charge in [-0.05, 0) is 40.4 Å². The van der Waals surface area contributed by atoms with Crippen molar-refractivity contribution in [1.29, 1.82) is 0 Å². The summed E-state index contributed by atoms with van der Waals surface area (Å²) in [6.07, 6.45) is 0.504. The van der Waals surface area contributed by atoms with Gasteiger partial charge < -0.3 is 19.5 Å². The van der Waals surface area contributed by atoms with Gasteiger partial charge in [-0.3, -0.25) is 4.79 Å². The molecule has 1 aliphatic heterocycles. The van der Waals surface area contributed by atoms with Crippen LogP contribution >= 0.6 is 15.9 Å². The van der Waals surface area contributed by atoms with Gasteiger partial charge >= 0.3 is 5.97 Å². The fourth-order valence-electron chi connectivity index (χ4n) is 2.31. The molecule has 1 atom stereocenters. The van der Waals surface area contributed by atoms with E-state index in [1.807, 2.05) is 13.8 Å². The lowest BCUT2D eigenvalue weighted by molar-refractivity contribution is -0.143.